The van der Waals surface area contributed by atoms with Gasteiger partial charge in [-0.25, -0.2) is 4.39 Å². The molecule has 2 nitrogen and oxygen atoms in total. The highest BCUT2D eigenvalue weighted by Crippen LogP contribution is 2.20. The molecule has 0 saturated carbocycles. The Morgan fingerprint density at radius 2 is 2.19 bits per heavy atom. The highest BCUT2D eigenvalue weighted by molar-refractivity contribution is 5.33. The van der Waals surface area contributed by atoms with E-state index < -0.39 is 5.82 Å². The van der Waals surface area contributed by atoms with Crippen LogP contribution in [0.3, 0.4) is 0 Å². The number of halogens is 1. The number of aromatic hydroxyl groups is 1. The van der Waals surface area contributed by atoms with Crippen molar-refractivity contribution in [2.75, 3.05) is 6.54 Å². The third-order valence-corrected chi connectivity index (χ3v) is 2.31. The Morgan fingerprint density at radius 3 is 2.94 bits per heavy atom. The van der Waals surface area contributed by atoms with Gasteiger partial charge in [-0.05, 0) is 25.5 Å². The molecule has 1 aromatic carbocycles. The van der Waals surface area contributed by atoms with Crippen molar-refractivity contribution in [1.29, 1.82) is 0 Å². The zero-order valence-corrected chi connectivity index (χ0v) is 9.17. The third kappa shape index (κ3) is 3.92. The van der Waals surface area contributed by atoms with Gasteiger partial charge in [-0.2, -0.15) is 0 Å². The monoisotopic (exact) mass is 221 g/mol. The van der Waals surface area contributed by atoms with Gasteiger partial charge in [0.15, 0.2) is 11.6 Å². The molecule has 2 N–H and O–H groups in total. The van der Waals surface area contributed by atoms with Crippen LogP contribution < -0.4 is 5.32 Å². The topological polar surface area (TPSA) is 32.3 Å². The highest BCUT2D eigenvalue weighted by atomic mass is 19.1. The molecule has 0 aliphatic heterocycles. The van der Waals surface area contributed by atoms with Crippen LogP contribution in [0.15, 0.2) is 18.2 Å². The molecule has 86 valence electrons. The molecule has 0 aromatic heterocycles. The summed E-state index contributed by atoms with van der Waals surface area (Å²) in [4.78, 5) is 0. The Bertz CT molecular complexity index is 371. The number of benzene rings is 1. The average molecular weight is 221 g/mol. The van der Waals surface area contributed by atoms with Crippen molar-refractivity contribution in [3.63, 3.8) is 0 Å². The first-order valence-corrected chi connectivity index (χ1v) is 5.36. The number of para-hydroxylation sites is 1. The molecule has 0 fully saturated rings. The first-order chi connectivity index (χ1) is 7.75. The summed E-state index contributed by atoms with van der Waals surface area (Å²) in [6.45, 7) is 1.29. The smallest absolute Gasteiger partial charge is 0.165 e. The third-order valence-electron chi connectivity index (χ3n) is 2.31. The number of terminal acetylenes is 1. The zero-order chi connectivity index (χ0) is 11.8. The lowest BCUT2D eigenvalue weighted by molar-refractivity contribution is 0.423. The van der Waals surface area contributed by atoms with E-state index in [9.17, 15) is 9.50 Å². The number of hydrogen-bond donors (Lipinski definition) is 2. The molecule has 0 heterocycles. The van der Waals surface area contributed by atoms with Crippen LogP contribution in [0.1, 0.15) is 24.8 Å². The van der Waals surface area contributed by atoms with E-state index in [2.05, 4.69) is 11.2 Å². The molecule has 0 aliphatic rings. The summed E-state index contributed by atoms with van der Waals surface area (Å²) in [7, 11) is 0. The fraction of sp³-hybridized carbons (Fsp3) is 0.385. The van der Waals surface area contributed by atoms with Gasteiger partial charge in [-0.3, -0.25) is 0 Å². The minimum absolute atomic E-state index is 0.265. The second kappa shape index (κ2) is 6.86. The lowest BCUT2D eigenvalue weighted by atomic mass is 10.2. The predicted molar refractivity (Wildman–Crippen MR) is 62.5 cm³/mol. The van der Waals surface area contributed by atoms with Gasteiger partial charge in [0.25, 0.3) is 0 Å². The molecule has 0 spiro atoms. The Hall–Kier alpha value is -1.53. The molecule has 0 amide bonds. The van der Waals surface area contributed by atoms with E-state index in [-0.39, 0.29) is 5.75 Å². The van der Waals surface area contributed by atoms with Gasteiger partial charge in [-0.15, -0.1) is 12.3 Å². The Morgan fingerprint density at radius 1 is 1.38 bits per heavy atom. The SMILES string of the molecule is C#CCCCCNCc1cccc(F)c1O. The van der Waals surface area contributed by atoms with Gasteiger partial charge in [0.2, 0.25) is 0 Å². The fourth-order valence-corrected chi connectivity index (χ4v) is 1.40. The molecule has 1 aromatic rings. The van der Waals surface area contributed by atoms with Crippen LogP contribution in [0.4, 0.5) is 4.39 Å². The molecule has 0 unspecified atom stereocenters. The molecule has 16 heavy (non-hydrogen) atoms. The van der Waals surface area contributed by atoms with Crippen molar-refractivity contribution in [2.45, 2.75) is 25.8 Å². The lowest BCUT2D eigenvalue weighted by Gasteiger charge is -2.06. The standard InChI is InChI=1S/C13H16FNO/c1-2-3-4-5-9-15-10-11-7-6-8-12(14)13(11)16/h1,6-8,15-16H,3-5,9-10H2. The quantitative estimate of drug-likeness (QED) is 0.571. The maximum atomic E-state index is 13.0. The number of nitrogens with one attached hydrogen (secondary N) is 1. The van der Waals surface area contributed by atoms with Gasteiger partial charge < -0.3 is 10.4 Å². The summed E-state index contributed by atoms with van der Waals surface area (Å²) in [5, 5.41) is 12.5. The van der Waals surface area contributed by atoms with Gasteiger partial charge in [0.05, 0.1) is 0 Å². The number of hydrogen-bond acceptors (Lipinski definition) is 2. The zero-order valence-electron chi connectivity index (χ0n) is 9.17. The summed E-state index contributed by atoms with van der Waals surface area (Å²) < 4.78 is 13.0. The maximum absolute atomic E-state index is 13.0. The molecule has 0 saturated heterocycles. The number of unbranched alkanes of at least 4 members (excludes halogenated alkanes) is 2. The van der Waals surface area contributed by atoms with Crippen LogP contribution in [0, 0.1) is 18.2 Å². The molecule has 0 atom stereocenters. The largest absolute Gasteiger partial charge is 0.505 e. The molecule has 3 heteroatoms. The van der Waals surface area contributed by atoms with Crippen molar-refractivity contribution in [3.05, 3.63) is 29.6 Å². The van der Waals surface area contributed by atoms with Crippen LogP contribution in [0.25, 0.3) is 0 Å². The van der Waals surface area contributed by atoms with Crippen molar-refractivity contribution >= 4 is 0 Å². The Labute approximate surface area is 95.5 Å². The maximum Gasteiger partial charge on any atom is 0.165 e. The summed E-state index contributed by atoms with van der Waals surface area (Å²) in [5.74, 6) is 1.73. The lowest BCUT2D eigenvalue weighted by Crippen LogP contribution is -2.14. The van der Waals surface area contributed by atoms with Crippen molar-refractivity contribution < 1.29 is 9.50 Å². The van der Waals surface area contributed by atoms with Gasteiger partial charge in [0, 0.05) is 18.5 Å². The minimum atomic E-state index is -0.577. The first-order valence-electron chi connectivity index (χ1n) is 5.36. The molecule has 0 bridgehead atoms. The van der Waals surface area contributed by atoms with Crippen LogP contribution >= 0.6 is 0 Å². The van der Waals surface area contributed by atoms with E-state index in [1.807, 2.05) is 0 Å². The molecule has 0 aliphatic carbocycles. The van der Waals surface area contributed by atoms with Crippen LogP contribution in [0.2, 0.25) is 0 Å². The van der Waals surface area contributed by atoms with E-state index in [1.54, 1.807) is 12.1 Å². The second-order valence-corrected chi connectivity index (χ2v) is 3.59. The summed E-state index contributed by atoms with van der Waals surface area (Å²) in [6.07, 6.45) is 7.88. The Balaban J connectivity index is 2.27. The van der Waals surface area contributed by atoms with Gasteiger partial charge in [-0.1, -0.05) is 12.1 Å². The average Bonchev–Trinajstić information content (AvgIpc) is 2.29. The fourth-order valence-electron chi connectivity index (χ4n) is 1.40. The van der Waals surface area contributed by atoms with Crippen LogP contribution in [0.5, 0.6) is 5.75 Å². The Kier molecular flexibility index (Phi) is 5.38. The van der Waals surface area contributed by atoms with Crippen molar-refractivity contribution in [3.8, 4) is 18.1 Å². The van der Waals surface area contributed by atoms with Gasteiger partial charge in [0.1, 0.15) is 0 Å². The van der Waals surface area contributed by atoms with E-state index in [0.29, 0.717) is 12.1 Å². The van der Waals surface area contributed by atoms with Crippen molar-refractivity contribution in [1.82, 2.24) is 5.32 Å². The number of phenols is 1. The second-order valence-electron chi connectivity index (χ2n) is 3.59. The molecule has 1 rings (SSSR count). The highest BCUT2D eigenvalue weighted by Gasteiger charge is 2.04. The van der Waals surface area contributed by atoms with Crippen LogP contribution in [-0.4, -0.2) is 11.7 Å². The van der Waals surface area contributed by atoms with Crippen molar-refractivity contribution in [2.24, 2.45) is 0 Å². The molecule has 0 radical (unpaired) electrons. The van der Waals surface area contributed by atoms with E-state index in [0.717, 1.165) is 25.8 Å². The number of rotatable bonds is 6. The predicted octanol–water partition coefficient (Wildman–Crippen LogP) is 2.42. The molecular formula is C13H16FNO. The first kappa shape index (κ1) is 12.5. The van der Waals surface area contributed by atoms with Crippen LogP contribution in [-0.2, 0) is 6.54 Å². The van der Waals surface area contributed by atoms with E-state index in [1.165, 1.54) is 6.07 Å². The van der Waals surface area contributed by atoms with Gasteiger partial charge >= 0.3 is 0 Å². The number of phenolic OH excluding ortho intramolecular Hbond substituents is 1. The van der Waals surface area contributed by atoms with E-state index in [4.69, 9.17) is 6.42 Å². The summed E-state index contributed by atoms with van der Waals surface area (Å²) >= 11 is 0. The van der Waals surface area contributed by atoms with E-state index >= 15 is 0 Å². The summed E-state index contributed by atoms with van der Waals surface area (Å²) in [6, 6.07) is 4.53. The summed E-state index contributed by atoms with van der Waals surface area (Å²) in [5.41, 5.74) is 0.581. The normalized spacial score (nSPS) is 10.0. The molecular weight excluding hydrogens is 205 g/mol. The minimum Gasteiger partial charge on any atom is -0.505 e.